The Kier molecular flexibility index (Phi) is 3.61. The van der Waals surface area contributed by atoms with Crippen LogP contribution in [-0.4, -0.2) is 22.4 Å². The van der Waals surface area contributed by atoms with E-state index in [0.29, 0.717) is 17.7 Å². The van der Waals surface area contributed by atoms with Crippen molar-refractivity contribution in [2.24, 2.45) is 5.41 Å². The van der Waals surface area contributed by atoms with Gasteiger partial charge in [0.25, 0.3) is 5.91 Å². The zero-order chi connectivity index (χ0) is 18.5. The molecular weight excluding hydrogens is 336 g/mol. The number of imidazole rings is 1. The number of benzene rings is 2. The summed E-state index contributed by atoms with van der Waals surface area (Å²) in [5.74, 6) is -1.40. The van der Waals surface area contributed by atoms with E-state index in [4.69, 9.17) is 0 Å². The van der Waals surface area contributed by atoms with Gasteiger partial charge in [-0.25, -0.2) is 13.8 Å². The molecule has 26 heavy (non-hydrogen) atoms. The molecule has 1 fully saturated rings. The number of H-pyrrole nitrogens is 1. The lowest BCUT2D eigenvalue weighted by Gasteiger charge is -2.22. The molecule has 2 N–H and O–H groups in total. The number of nitrogens with one attached hydrogen (secondary N) is 2. The third kappa shape index (κ3) is 2.57. The van der Waals surface area contributed by atoms with E-state index in [1.165, 1.54) is 12.1 Å². The lowest BCUT2D eigenvalue weighted by Crippen LogP contribution is -2.35. The van der Waals surface area contributed by atoms with Crippen LogP contribution in [0.4, 0.5) is 8.78 Å². The molecule has 0 bridgehead atoms. The maximum Gasteiger partial charge on any atom is 0.251 e. The molecule has 0 aliphatic heterocycles. The predicted molar refractivity (Wildman–Crippen MR) is 94.9 cm³/mol. The third-order valence-corrected chi connectivity index (χ3v) is 5.59. The summed E-state index contributed by atoms with van der Waals surface area (Å²) in [4.78, 5) is 19.7. The van der Waals surface area contributed by atoms with Gasteiger partial charge in [-0.05, 0) is 41.7 Å². The first-order valence-corrected chi connectivity index (χ1v) is 8.49. The fourth-order valence-corrected chi connectivity index (χ4v) is 3.85. The van der Waals surface area contributed by atoms with Crippen molar-refractivity contribution < 1.29 is 13.6 Å². The Morgan fingerprint density at radius 2 is 2.00 bits per heavy atom. The highest BCUT2D eigenvalue weighted by molar-refractivity contribution is 5.97. The lowest BCUT2D eigenvalue weighted by molar-refractivity contribution is 0.0947. The SMILES string of the molecule is CC1(C)CC1(CNC(=O)c1ccc2nc[nH]c2c1)c1ccc(F)cc1F. The smallest absolute Gasteiger partial charge is 0.251 e. The molecular formula is C20H19F2N3O. The molecule has 1 aliphatic carbocycles. The van der Waals surface area contributed by atoms with Crippen LogP contribution < -0.4 is 5.32 Å². The normalized spacial score (nSPS) is 20.9. The Morgan fingerprint density at radius 3 is 2.69 bits per heavy atom. The van der Waals surface area contributed by atoms with Gasteiger partial charge in [-0.15, -0.1) is 0 Å². The summed E-state index contributed by atoms with van der Waals surface area (Å²) in [6, 6.07) is 8.88. The van der Waals surface area contributed by atoms with E-state index >= 15 is 0 Å². The maximum atomic E-state index is 14.4. The molecule has 0 radical (unpaired) electrons. The minimum Gasteiger partial charge on any atom is -0.351 e. The highest BCUT2D eigenvalue weighted by atomic mass is 19.1. The lowest BCUT2D eigenvalue weighted by atomic mass is 9.87. The summed E-state index contributed by atoms with van der Waals surface area (Å²) in [7, 11) is 0. The second-order valence-electron chi connectivity index (χ2n) is 7.58. The zero-order valence-electron chi connectivity index (χ0n) is 14.6. The molecule has 1 atom stereocenters. The van der Waals surface area contributed by atoms with Gasteiger partial charge >= 0.3 is 0 Å². The van der Waals surface area contributed by atoms with Crippen molar-refractivity contribution in [1.82, 2.24) is 15.3 Å². The topological polar surface area (TPSA) is 57.8 Å². The number of carbonyl (C=O) groups is 1. The summed E-state index contributed by atoms with van der Waals surface area (Å²) in [6.45, 7) is 4.35. The number of aromatic nitrogens is 2. The van der Waals surface area contributed by atoms with Gasteiger partial charge in [-0.2, -0.15) is 0 Å². The molecule has 134 valence electrons. The number of aromatic amines is 1. The molecule has 1 aliphatic rings. The van der Waals surface area contributed by atoms with Gasteiger partial charge in [0.05, 0.1) is 17.4 Å². The molecule has 6 heteroatoms. The molecule has 1 amide bonds. The summed E-state index contributed by atoms with van der Waals surface area (Å²) in [6.07, 6.45) is 2.30. The largest absolute Gasteiger partial charge is 0.351 e. The molecule has 0 saturated heterocycles. The van der Waals surface area contributed by atoms with Crippen LogP contribution in [-0.2, 0) is 5.41 Å². The van der Waals surface area contributed by atoms with Crippen LogP contribution in [0.2, 0.25) is 0 Å². The minimum absolute atomic E-state index is 0.174. The number of halogens is 2. The molecule has 0 spiro atoms. The Labute approximate surface area is 149 Å². The van der Waals surface area contributed by atoms with E-state index in [-0.39, 0.29) is 11.3 Å². The molecule has 1 heterocycles. The summed E-state index contributed by atoms with van der Waals surface area (Å²) < 4.78 is 27.6. The quantitative estimate of drug-likeness (QED) is 0.745. The Balaban J connectivity index is 1.57. The van der Waals surface area contributed by atoms with E-state index in [1.54, 1.807) is 24.5 Å². The Hall–Kier alpha value is -2.76. The monoisotopic (exact) mass is 355 g/mol. The van der Waals surface area contributed by atoms with Crippen LogP contribution in [0.15, 0.2) is 42.7 Å². The first-order valence-electron chi connectivity index (χ1n) is 8.49. The molecule has 2 aromatic carbocycles. The second-order valence-corrected chi connectivity index (χ2v) is 7.58. The van der Waals surface area contributed by atoms with Crippen LogP contribution in [0.3, 0.4) is 0 Å². The zero-order valence-corrected chi connectivity index (χ0v) is 14.6. The average Bonchev–Trinajstić information content (AvgIpc) is 2.94. The van der Waals surface area contributed by atoms with E-state index in [0.717, 1.165) is 23.5 Å². The van der Waals surface area contributed by atoms with Crippen molar-refractivity contribution in [2.75, 3.05) is 6.54 Å². The second kappa shape index (κ2) is 5.62. The van der Waals surface area contributed by atoms with E-state index < -0.39 is 17.0 Å². The molecule has 4 nitrogen and oxygen atoms in total. The Bertz CT molecular complexity index is 1010. The van der Waals surface area contributed by atoms with Gasteiger partial charge in [-0.3, -0.25) is 4.79 Å². The number of nitrogens with zero attached hydrogens (tertiary/aromatic N) is 1. The summed E-state index contributed by atoms with van der Waals surface area (Å²) in [5.41, 5.74) is 1.83. The van der Waals surface area contributed by atoms with Crippen molar-refractivity contribution in [2.45, 2.75) is 25.7 Å². The van der Waals surface area contributed by atoms with Crippen molar-refractivity contribution in [3.63, 3.8) is 0 Å². The van der Waals surface area contributed by atoms with E-state index in [2.05, 4.69) is 15.3 Å². The van der Waals surface area contributed by atoms with Crippen molar-refractivity contribution in [1.29, 1.82) is 0 Å². The van der Waals surface area contributed by atoms with Crippen molar-refractivity contribution in [3.8, 4) is 0 Å². The molecule has 1 unspecified atom stereocenters. The van der Waals surface area contributed by atoms with Gasteiger partial charge in [-0.1, -0.05) is 19.9 Å². The van der Waals surface area contributed by atoms with Crippen LogP contribution in [0.1, 0.15) is 36.2 Å². The number of rotatable bonds is 4. The first-order chi connectivity index (χ1) is 12.3. The highest BCUT2D eigenvalue weighted by Gasteiger charge is 2.62. The first kappa shape index (κ1) is 16.7. The van der Waals surface area contributed by atoms with Gasteiger partial charge in [0.2, 0.25) is 0 Å². The fraction of sp³-hybridized carbons (Fsp3) is 0.300. The number of amides is 1. The molecule has 1 aromatic heterocycles. The third-order valence-electron chi connectivity index (χ3n) is 5.59. The standard InChI is InChI=1S/C20H19F2N3O/c1-19(2)9-20(19,14-5-4-13(21)8-15(14)22)10-23-18(26)12-3-6-16-17(7-12)25-11-24-16/h3-8,11H,9-10H2,1-2H3,(H,23,26)(H,24,25). The van der Waals surface area contributed by atoms with Crippen LogP contribution in [0, 0.1) is 17.0 Å². The Morgan fingerprint density at radius 1 is 1.23 bits per heavy atom. The molecule has 3 aromatic rings. The summed E-state index contributed by atoms with van der Waals surface area (Å²) >= 11 is 0. The van der Waals surface area contributed by atoms with Crippen molar-refractivity contribution >= 4 is 16.9 Å². The molecule has 4 rings (SSSR count). The van der Waals surface area contributed by atoms with Crippen LogP contribution >= 0.6 is 0 Å². The van der Waals surface area contributed by atoms with E-state index in [1.807, 2.05) is 13.8 Å². The van der Waals surface area contributed by atoms with Gasteiger partial charge in [0.15, 0.2) is 0 Å². The average molecular weight is 355 g/mol. The number of fused-ring (bicyclic) bond motifs is 1. The number of hydrogen-bond acceptors (Lipinski definition) is 2. The van der Waals surface area contributed by atoms with E-state index in [9.17, 15) is 13.6 Å². The maximum absolute atomic E-state index is 14.4. The number of carbonyl (C=O) groups excluding carboxylic acids is 1. The fourth-order valence-electron chi connectivity index (χ4n) is 3.85. The number of hydrogen-bond donors (Lipinski definition) is 2. The highest BCUT2D eigenvalue weighted by Crippen LogP contribution is 2.64. The van der Waals surface area contributed by atoms with Crippen LogP contribution in [0.25, 0.3) is 11.0 Å². The van der Waals surface area contributed by atoms with Gasteiger partial charge in [0, 0.05) is 23.6 Å². The van der Waals surface area contributed by atoms with Crippen molar-refractivity contribution in [3.05, 3.63) is 65.5 Å². The van der Waals surface area contributed by atoms with Crippen LogP contribution in [0.5, 0.6) is 0 Å². The predicted octanol–water partition coefficient (Wildman–Crippen LogP) is 3.94. The molecule has 1 saturated carbocycles. The minimum atomic E-state index is -0.600. The van der Waals surface area contributed by atoms with Gasteiger partial charge < -0.3 is 10.3 Å². The summed E-state index contributed by atoms with van der Waals surface area (Å²) in [5, 5.41) is 2.92. The van der Waals surface area contributed by atoms with Gasteiger partial charge in [0.1, 0.15) is 11.6 Å².